The van der Waals surface area contributed by atoms with Crippen molar-refractivity contribution in [1.82, 2.24) is 20.2 Å². The Morgan fingerprint density at radius 2 is 2.07 bits per heavy atom. The van der Waals surface area contributed by atoms with E-state index in [2.05, 4.69) is 20.7 Å². The van der Waals surface area contributed by atoms with Crippen molar-refractivity contribution in [3.05, 3.63) is 46.8 Å². The number of tetrazole rings is 1. The van der Waals surface area contributed by atoms with E-state index in [1.54, 1.807) is 6.92 Å². The summed E-state index contributed by atoms with van der Waals surface area (Å²) in [4.78, 5) is 26.1. The van der Waals surface area contributed by atoms with Gasteiger partial charge in [0, 0.05) is 5.56 Å². The number of anilines is 1. The Kier molecular flexibility index (Phi) is 5.16. The first-order valence-corrected chi connectivity index (χ1v) is 9.95. The molecule has 3 aromatic rings. The van der Waals surface area contributed by atoms with Crippen molar-refractivity contribution >= 4 is 28.2 Å². The number of nitrogens with zero attached hydrogens (tertiary/aromatic N) is 4. The lowest BCUT2D eigenvalue weighted by atomic mass is 10.1. The van der Waals surface area contributed by atoms with Crippen molar-refractivity contribution in [3.8, 4) is 11.4 Å². The van der Waals surface area contributed by atoms with Crippen LogP contribution in [0.1, 0.15) is 41.6 Å². The summed E-state index contributed by atoms with van der Waals surface area (Å²) in [6, 6.07) is 9.41. The molecule has 28 heavy (non-hydrogen) atoms. The molecule has 0 saturated heterocycles. The molecule has 1 fully saturated rings. The largest absolute Gasteiger partial charge is 0.462 e. The summed E-state index contributed by atoms with van der Waals surface area (Å²) in [6.07, 6.45) is 2.11. The molecule has 2 heterocycles. The molecule has 2 aromatic heterocycles. The number of carbonyl (C=O) groups excluding carboxylic acids is 2. The van der Waals surface area contributed by atoms with E-state index in [1.807, 2.05) is 35.7 Å². The molecule has 9 heteroatoms. The van der Waals surface area contributed by atoms with E-state index in [0.29, 0.717) is 22.3 Å². The van der Waals surface area contributed by atoms with E-state index < -0.39 is 5.97 Å². The molecule has 1 aliphatic carbocycles. The highest BCUT2D eigenvalue weighted by atomic mass is 32.1. The number of hydrogen-bond donors (Lipinski definition) is 1. The lowest BCUT2D eigenvalue weighted by molar-refractivity contribution is -0.117. The molecule has 0 radical (unpaired) electrons. The maximum atomic E-state index is 12.5. The Morgan fingerprint density at radius 1 is 1.29 bits per heavy atom. The summed E-state index contributed by atoms with van der Waals surface area (Å²) in [5, 5.41) is 17.4. The van der Waals surface area contributed by atoms with Gasteiger partial charge in [-0.3, -0.25) is 4.79 Å². The highest BCUT2D eigenvalue weighted by Crippen LogP contribution is 2.46. The first-order valence-electron chi connectivity index (χ1n) is 9.07. The molecule has 0 aliphatic heterocycles. The summed E-state index contributed by atoms with van der Waals surface area (Å²) < 4.78 is 5.17. The number of thiophene rings is 1. The maximum Gasteiger partial charge on any atom is 0.341 e. The van der Waals surface area contributed by atoms with Crippen molar-refractivity contribution in [1.29, 1.82) is 0 Å². The van der Waals surface area contributed by atoms with Gasteiger partial charge in [0.15, 0.2) is 0 Å². The quantitative estimate of drug-likeness (QED) is 0.615. The van der Waals surface area contributed by atoms with Gasteiger partial charge in [-0.1, -0.05) is 30.3 Å². The van der Waals surface area contributed by atoms with Crippen LogP contribution in [0, 0.1) is 0 Å². The van der Waals surface area contributed by atoms with E-state index >= 15 is 0 Å². The van der Waals surface area contributed by atoms with Gasteiger partial charge in [0.25, 0.3) is 0 Å². The minimum absolute atomic E-state index is 0.0985. The van der Waals surface area contributed by atoms with Crippen molar-refractivity contribution in [2.45, 2.75) is 32.2 Å². The monoisotopic (exact) mass is 397 g/mol. The average Bonchev–Trinajstić information content (AvgIpc) is 3.29. The third-order valence-corrected chi connectivity index (χ3v) is 5.25. The lowest BCUT2D eigenvalue weighted by Gasteiger charge is -2.08. The second-order valence-corrected chi connectivity index (χ2v) is 7.33. The molecular weight excluding hydrogens is 378 g/mol. The fourth-order valence-electron chi connectivity index (χ4n) is 2.88. The molecule has 4 rings (SSSR count). The van der Waals surface area contributed by atoms with Crippen LogP contribution in [0.2, 0.25) is 0 Å². The fourth-order valence-corrected chi connectivity index (χ4v) is 3.93. The van der Waals surface area contributed by atoms with Crippen LogP contribution in [-0.4, -0.2) is 38.7 Å². The molecule has 0 bridgehead atoms. The lowest BCUT2D eigenvalue weighted by Crippen LogP contribution is -2.21. The third kappa shape index (κ3) is 3.94. The standard InChI is InChI=1S/C19H19N5O3S/c1-2-27-19(26)16-14(12-8-9-12)11-28-18(16)20-15(25)10-24-22-17(21-23-24)13-6-4-3-5-7-13/h3-7,11-12H,2,8-10H2,1H3,(H,20,25). The van der Waals surface area contributed by atoms with Crippen molar-refractivity contribution < 1.29 is 14.3 Å². The Hall–Kier alpha value is -3.07. The van der Waals surface area contributed by atoms with Crippen LogP contribution in [0.25, 0.3) is 11.4 Å². The smallest absolute Gasteiger partial charge is 0.341 e. The Labute approximate surface area is 165 Å². The van der Waals surface area contributed by atoms with Gasteiger partial charge in [-0.15, -0.1) is 21.5 Å². The van der Waals surface area contributed by atoms with Crippen LogP contribution in [0.15, 0.2) is 35.7 Å². The average molecular weight is 397 g/mol. The summed E-state index contributed by atoms with van der Waals surface area (Å²) in [5.74, 6) is 0.109. The number of benzene rings is 1. The minimum atomic E-state index is -0.397. The van der Waals surface area contributed by atoms with Gasteiger partial charge in [-0.05, 0) is 41.8 Å². The van der Waals surface area contributed by atoms with E-state index in [-0.39, 0.29) is 19.1 Å². The first kappa shape index (κ1) is 18.3. The van der Waals surface area contributed by atoms with E-state index in [9.17, 15) is 9.59 Å². The van der Waals surface area contributed by atoms with Crippen molar-refractivity contribution in [3.63, 3.8) is 0 Å². The zero-order chi connectivity index (χ0) is 19.5. The second-order valence-electron chi connectivity index (χ2n) is 6.45. The number of carbonyl (C=O) groups is 2. The molecule has 1 aromatic carbocycles. The predicted octanol–water partition coefficient (Wildman–Crippen LogP) is 3.09. The molecular formula is C19H19N5O3S. The molecule has 0 unspecified atom stereocenters. The number of hydrogen-bond acceptors (Lipinski definition) is 7. The van der Waals surface area contributed by atoms with Crippen molar-refractivity contribution in [2.24, 2.45) is 0 Å². The molecule has 1 N–H and O–H groups in total. The minimum Gasteiger partial charge on any atom is -0.462 e. The van der Waals surface area contributed by atoms with Crippen LogP contribution in [-0.2, 0) is 16.1 Å². The van der Waals surface area contributed by atoms with E-state index in [0.717, 1.165) is 24.0 Å². The zero-order valence-electron chi connectivity index (χ0n) is 15.3. The summed E-state index contributed by atoms with van der Waals surface area (Å²) >= 11 is 1.34. The molecule has 0 spiro atoms. The molecule has 0 atom stereocenters. The molecule has 1 amide bonds. The van der Waals surface area contributed by atoms with Crippen LogP contribution in [0.4, 0.5) is 5.00 Å². The van der Waals surface area contributed by atoms with Gasteiger partial charge in [0.1, 0.15) is 11.5 Å². The Balaban J connectivity index is 1.47. The summed E-state index contributed by atoms with van der Waals surface area (Å²) in [5.41, 5.74) is 2.26. The third-order valence-electron chi connectivity index (χ3n) is 4.34. The number of rotatable bonds is 7. The topological polar surface area (TPSA) is 99.0 Å². The number of amides is 1. The summed E-state index contributed by atoms with van der Waals surface area (Å²) in [6.45, 7) is 1.95. The van der Waals surface area contributed by atoms with Gasteiger partial charge in [-0.2, -0.15) is 4.80 Å². The van der Waals surface area contributed by atoms with Gasteiger partial charge in [-0.25, -0.2) is 4.79 Å². The highest BCUT2D eigenvalue weighted by Gasteiger charge is 2.32. The van der Waals surface area contributed by atoms with Crippen LogP contribution >= 0.6 is 11.3 Å². The number of ether oxygens (including phenoxy) is 1. The SMILES string of the molecule is CCOC(=O)c1c(C2CC2)csc1NC(=O)Cn1nnc(-c2ccccc2)n1. The van der Waals surface area contributed by atoms with Gasteiger partial charge in [0.05, 0.1) is 12.2 Å². The molecule has 1 aliphatic rings. The van der Waals surface area contributed by atoms with Gasteiger partial charge >= 0.3 is 5.97 Å². The normalized spacial score (nSPS) is 13.3. The van der Waals surface area contributed by atoms with Crippen LogP contribution in [0.3, 0.4) is 0 Å². The number of esters is 1. The van der Waals surface area contributed by atoms with E-state index in [1.165, 1.54) is 16.1 Å². The highest BCUT2D eigenvalue weighted by molar-refractivity contribution is 7.15. The summed E-state index contributed by atoms with van der Waals surface area (Å²) in [7, 11) is 0. The zero-order valence-corrected chi connectivity index (χ0v) is 16.1. The predicted molar refractivity (Wildman–Crippen MR) is 104 cm³/mol. The maximum absolute atomic E-state index is 12.5. The number of aromatic nitrogens is 4. The van der Waals surface area contributed by atoms with Crippen molar-refractivity contribution in [2.75, 3.05) is 11.9 Å². The Bertz CT molecular complexity index is 994. The van der Waals surface area contributed by atoms with Crippen LogP contribution < -0.4 is 5.32 Å². The second kappa shape index (κ2) is 7.89. The molecule has 1 saturated carbocycles. The first-order chi connectivity index (χ1) is 13.7. The van der Waals surface area contributed by atoms with Gasteiger partial charge in [0.2, 0.25) is 11.7 Å². The molecule has 144 valence electrons. The number of nitrogens with one attached hydrogen (secondary N) is 1. The van der Waals surface area contributed by atoms with E-state index in [4.69, 9.17) is 4.74 Å². The van der Waals surface area contributed by atoms with Crippen LogP contribution in [0.5, 0.6) is 0 Å². The fraction of sp³-hybridized carbons (Fsp3) is 0.316. The molecule has 8 nitrogen and oxygen atoms in total. The Morgan fingerprint density at radius 3 is 2.79 bits per heavy atom. The van der Waals surface area contributed by atoms with Gasteiger partial charge < -0.3 is 10.1 Å².